The van der Waals surface area contributed by atoms with Crippen molar-refractivity contribution in [2.45, 2.75) is 77.0 Å². The van der Waals surface area contributed by atoms with Crippen LogP contribution >= 0.6 is 11.8 Å². The van der Waals surface area contributed by atoms with E-state index >= 15 is 0 Å². The van der Waals surface area contributed by atoms with Crippen molar-refractivity contribution in [3.63, 3.8) is 0 Å². The van der Waals surface area contributed by atoms with Crippen LogP contribution in [-0.4, -0.2) is 25.8 Å². The van der Waals surface area contributed by atoms with Crippen molar-refractivity contribution >= 4 is 11.8 Å². The van der Waals surface area contributed by atoms with E-state index in [2.05, 4.69) is 25.6 Å². The lowest BCUT2D eigenvalue weighted by atomic mass is 10.1. The molecule has 0 spiro atoms. The van der Waals surface area contributed by atoms with Gasteiger partial charge < -0.3 is 10.2 Å². The molecule has 1 rings (SSSR count). The lowest BCUT2D eigenvalue weighted by molar-refractivity contribution is 0.362. The smallest absolute Gasteiger partial charge is 0.193 e. The Balaban J connectivity index is 2.10. The fraction of sp³-hybridized carbons (Fsp3) is 0.765. The predicted octanol–water partition coefficient (Wildman–Crippen LogP) is 5.16. The average molecular weight is 314 g/mol. The fourth-order valence-electron chi connectivity index (χ4n) is 2.54. The van der Waals surface area contributed by atoms with Crippen LogP contribution in [0.1, 0.15) is 65.2 Å². The number of thioether (sulfide) groups is 1. The van der Waals surface area contributed by atoms with Gasteiger partial charge in [0, 0.05) is 23.9 Å². The molecule has 122 valence electrons. The van der Waals surface area contributed by atoms with Gasteiger partial charge >= 0.3 is 0 Å². The van der Waals surface area contributed by atoms with E-state index in [1.807, 2.05) is 0 Å². The van der Waals surface area contributed by atoms with E-state index in [-0.39, 0.29) is 11.8 Å². The molecule has 0 saturated heterocycles. The molecule has 1 heterocycles. The monoisotopic (exact) mass is 313 g/mol. The zero-order chi connectivity index (χ0) is 15.5. The van der Waals surface area contributed by atoms with Gasteiger partial charge in [0.2, 0.25) is 0 Å². The molecular weight excluding hydrogens is 282 g/mol. The third-order valence-corrected chi connectivity index (χ3v) is 5.27. The summed E-state index contributed by atoms with van der Waals surface area (Å²) in [5.41, 5.74) is 0. The second-order valence-corrected chi connectivity index (χ2v) is 7.09. The molecule has 4 heteroatoms. The maximum absolute atomic E-state index is 9.55. The number of nitrogens with zero attached hydrogens (tertiary/aromatic N) is 1. The number of aromatic nitrogens is 1. The Labute approximate surface area is 133 Å². The van der Waals surface area contributed by atoms with Crippen molar-refractivity contribution in [2.75, 3.05) is 5.75 Å². The summed E-state index contributed by atoms with van der Waals surface area (Å²) < 4.78 is 1.56. The molecular formula is C17H31NO2S. The molecule has 0 aromatic carbocycles. The van der Waals surface area contributed by atoms with Gasteiger partial charge in [-0.3, -0.25) is 4.57 Å². The number of hydrogen-bond donors (Lipinski definition) is 2. The average Bonchev–Trinajstić information content (AvgIpc) is 2.79. The molecule has 0 radical (unpaired) electrons. The van der Waals surface area contributed by atoms with Crippen LogP contribution < -0.4 is 0 Å². The molecule has 2 N–H and O–H groups in total. The van der Waals surface area contributed by atoms with E-state index in [9.17, 15) is 10.2 Å². The number of unbranched alkanes of at least 4 members (excludes halogenated alkanes) is 3. The van der Waals surface area contributed by atoms with Gasteiger partial charge in [-0.2, -0.15) is 11.8 Å². The summed E-state index contributed by atoms with van der Waals surface area (Å²) in [6.07, 6.45) is 10.0. The molecule has 0 aliphatic rings. The lowest BCUT2D eigenvalue weighted by Gasteiger charge is -2.15. The largest absolute Gasteiger partial charge is 0.494 e. The molecule has 1 aromatic heterocycles. The van der Waals surface area contributed by atoms with Crippen LogP contribution in [0.3, 0.4) is 0 Å². The first-order valence-corrected chi connectivity index (χ1v) is 9.43. The fourth-order valence-corrected chi connectivity index (χ4v) is 3.98. The quantitative estimate of drug-likeness (QED) is 0.524. The van der Waals surface area contributed by atoms with Crippen LogP contribution in [0.5, 0.6) is 11.8 Å². The zero-order valence-corrected chi connectivity index (χ0v) is 14.4. The van der Waals surface area contributed by atoms with E-state index in [4.69, 9.17) is 0 Å². The maximum Gasteiger partial charge on any atom is 0.193 e. The van der Waals surface area contributed by atoms with Crippen LogP contribution in [0, 0.1) is 0 Å². The van der Waals surface area contributed by atoms with Gasteiger partial charge in [0.25, 0.3) is 0 Å². The number of hydrogen-bond acceptors (Lipinski definition) is 3. The number of aromatic hydroxyl groups is 2. The predicted molar refractivity (Wildman–Crippen MR) is 92.3 cm³/mol. The number of rotatable bonds is 12. The Bertz CT molecular complexity index is 359. The van der Waals surface area contributed by atoms with Crippen molar-refractivity contribution in [3.8, 4) is 11.8 Å². The Morgan fingerprint density at radius 3 is 2.29 bits per heavy atom. The lowest BCUT2D eigenvalue weighted by Crippen LogP contribution is -2.03. The van der Waals surface area contributed by atoms with Crippen molar-refractivity contribution < 1.29 is 10.2 Å². The molecule has 0 fully saturated rings. The third kappa shape index (κ3) is 7.16. The van der Waals surface area contributed by atoms with Gasteiger partial charge in [0.1, 0.15) is 0 Å². The molecule has 0 saturated carbocycles. The molecule has 3 nitrogen and oxygen atoms in total. The van der Waals surface area contributed by atoms with E-state index in [0.29, 0.717) is 6.54 Å². The Morgan fingerprint density at radius 2 is 1.67 bits per heavy atom. The van der Waals surface area contributed by atoms with Gasteiger partial charge in [0.05, 0.1) is 0 Å². The molecule has 0 amide bonds. The highest BCUT2D eigenvalue weighted by Gasteiger charge is 2.08. The normalized spacial score (nSPS) is 12.7. The van der Waals surface area contributed by atoms with Gasteiger partial charge in [-0.25, -0.2) is 0 Å². The minimum absolute atomic E-state index is 0.157. The molecule has 1 aromatic rings. The molecule has 1 unspecified atom stereocenters. The second kappa shape index (κ2) is 10.9. The van der Waals surface area contributed by atoms with Gasteiger partial charge in [-0.05, 0) is 31.4 Å². The van der Waals surface area contributed by atoms with Crippen LogP contribution in [0.4, 0.5) is 0 Å². The van der Waals surface area contributed by atoms with Crippen molar-refractivity contribution in [1.29, 1.82) is 0 Å². The first-order valence-electron chi connectivity index (χ1n) is 8.38. The van der Waals surface area contributed by atoms with Crippen molar-refractivity contribution in [3.05, 3.63) is 12.1 Å². The second-order valence-electron chi connectivity index (χ2n) is 5.69. The minimum Gasteiger partial charge on any atom is -0.494 e. The highest BCUT2D eigenvalue weighted by Crippen LogP contribution is 2.24. The Kier molecular flexibility index (Phi) is 9.48. The highest BCUT2D eigenvalue weighted by molar-refractivity contribution is 7.99. The zero-order valence-electron chi connectivity index (χ0n) is 13.6. The summed E-state index contributed by atoms with van der Waals surface area (Å²) in [6, 6.07) is 3.07. The summed E-state index contributed by atoms with van der Waals surface area (Å²) in [5, 5.41) is 19.9. The van der Waals surface area contributed by atoms with Crippen LogP contribution in [0.2, 0.25) is 0 Å². The minimum atomic E-state index is 0.157. The van der Waals surface area contributed by atoms with Crippen LogP contribution in [-0.2, 0) is 6.54 Å². The first kappa shape index (κ1) is 18.3. The van der Waals surface area contributed by atoms with E-state index in [1.54, 1.807) is 4.57 Å². The first-order chi connectivity index (χ1) is 10.2. The summed E-state index contributed by atoms with van der Waals surface area (Å²) in [5.74, 6) is 1.55. The Hall–Kier alpha value is -0.770. The van der Waals surface area contributed by atoms with E-state index in [0.717, 1.165) is 18.1 Å². The topological polar surface area (TPSA) is 45.4 Å². The maximum atomic E-state index is 9.55. The highest BCUT2D eigenvalue weighted by atomic mass is 32.2. The molecule has 0 bridgehead atoms. The standard InChI is InChI=1S/C17H31NO2S/c1-3-5-10-15(9-4-2)21-14-8-6-7-13-18-16(19)11-12-17(18)20/h11-12,15,19-20H,3-10,13-14H2,1-2H3. The summed E-state index contributed by atoms with van der Waals surface area (Å²) in [4.78, 5) is 0. The third-order valence-electron chi connectivity index (χ3n) is 3.80. The van der Waals surface area contributed by atoms with Crippen LogP contribution in [0.25, 0.3) is 0 Å². The van der Waals surface area contributed by atoms with Gasteiger partial charge in [-0.15, -0.1) is 0 Å². The molecule has 21 heavy (non-hydrogen) atoms. The molecule has 0 aliphatic heterocycles. The Morgan fingerprint density at radius 1 is 0.952 bits per heavy atom. The van der Waals surface area contributed by atoms with Gasteiger partial charge in [0.15, 0.2) is 11.8 Å². The summed E-state index contributed by atoms with van der Waals surface area (Å²) >= 11 is 2.13. The summed E-state index contributed by atoms with van der Waals surface area (Å²) in [6.45, 7) is 5.23. The van der Waals surface area contributed by atoms with Gasteiger partial charge in [-0.1, -0.05) is 39.5 Å². The van der Waals surface area contributed by atoms with Crippen molar-refractivity contribution in [1.82, 2.24) is 4.57 Å². The summed E-state index contributed by atoms with van der Waals surface area (Å²) in [7, 11) is 0. The SMILES string of the molecule is CCCCC(CCC)SCCCCCn1c(O)ccc1O. The van der Waals surface area contributed by atoms with Crippen LogP contribution in [0.15, 0.2) is 12.1 Å². The van der Waals surface area contributed by atoms with E-state index in [1.165, 1.54) is 56.4 Å². The molecule has 1 atom stereocenters. The molecule has 0 aliphatic carbocycles. The van der Waals surface area contributed by atoms with Crippen molar-refractivity contribution in [2.24, 2.45) is 0 Å². The van der Waals surface area contributed by atoms with E-state index < -0.39 is 0 Å².